The fourth-order valence-corrected chi connectivity index (χ4v) is 1.47. The molecule has 1 rings (SSSR count). The summed E-state index contributed by atoms with van der Waals surface area (Å²) in [5.74, 6) is 0. The Balaban J connectivity index is 3.42. The zero-order valence-electron chi connectivity index (χ0n) is 9.13. The second-order valence-corrected chi connectivity index (χ2v) is 3.54. The van der Waals surface area contributed by atoms with Crippen molar-refractivity contribution in [3.63, 3.8) is 0 Å². The maximum Gasteiger partial charge on any atom is 0.133 e. The highest BCUT2D eigenvalue weighted by molar-refractivity contribution is 5.75. The molecule has 1 aromatic rings. The van der Waals surface area contributed by atoms with Gasteiger partial charge in [0.25, 0.3) is 0 Å². The van der Waals surface area contributed by atoms with Gasteiger partial charge in [0, 0.05) is 0 Å². The van der Waals surface area contributed by atoms with Crippen molar-refractivity contribution in [2.45, 2.75) is 20.8 Å². The molecule has 0 atom stereocenters. The van der Waals surface area contributed by atoms with Gasteiger partial charge in [0.05, 0.1) is 0 Å². The fourth-order valence-electron chi connectivity index (χ4n) is 1.47. The number of benzene rings is 1. The van der Waals surface area contributed by atoms with E-state index in [-0.39, 0.29) is 5.57 Å². The Morgan fingerprint density at radius 1 is 1.13 bits per heavy atom. The quantitative estimate of drug-likeness (QED) is 0.648. The summed E-state index contributed by atoms with van der Waals surface area (Å²) in [5.41, 5.74) is 4.13. The molecule has 0 fully saturated rings. The van der Waals surface area contributed by atoms with Gasteiger partial charge in [-0.2, -0.15) is 10.5 Å². The third-order valence-electron chi connectivity index (χ3n) is 2.40. The summed E-state index contributed by atoms with van der Waals surface area (Å²) in [6, 6.07) is 9.85. The van der Waals surface area contributed by atoms with E-state index in [0.717, 1.165) is 22.3 Å². The summed E-state index contributed by atoms with van der Waals surface area (Å²) in [6.45, 7) is 5.78. The Bertz CT molecular complexity index is 480. The lowest BCUT2D eigenvalue weighted by Crippen LogP contribution is -1.90. The van der Waals surface area contributed by atoms with Gasteiger partial charge >= 0.3 is 0 Å². The molecule has 0 spiro atoms. The number of hydrogen-bond acceptors (Lipinski definition) is 2. The van der Waals surface area contributed by atoms with E-state index in [1.807, 2.05) is 51.1 Å². The van der Waals surface area contributed by atoms with Gasteiger partial charge in [-0.3, -0.25) is 0 Å². The number of nitriles is 2. The Labute approximate surface area is 90.1 Å². The van der Waals surface area contributed by atoms with Crippen molar-refractivity contribution < 1.29 is 0 Å². The topological polar surface area (TPSA) is 47.6 Å². The van der Waals surface area contributed by atoms with Gasteiger partial charge in [0.1, 0.15) is 17.7 Å². The Morgan fingerprint density at radius 2 is 1.73 bits per heavy atom. The maximum absolute atomic E-state index is 8.79. The molecule has 2 heteroatoms. The molecule has 74 valence electrons. The molecule has 0 unspecified atom stereocenters. The van der Waals surface area contributed by atoms with E-state index < -0.39 is 0 Å². The van der Waals surface area contributed by atoms with Crippen LogP contribution >= 0.6 is 0 Å². The van der Waals surface area contributed by atoms with E-state index in [2.05, 4.69) is 0 Å². The first-order valence-corrected chi connectivity index (χ1v) is 4.69. The summed E-state index contributed by atoms with van der Waals surface area (Å²) in [6.07, 6.45) is 0. The SMILES string of the molecule is CC(=C(C#N)C#N)c1cc(C)ccc1C. The first kappa shape index (κ1) is 11.0. The van der Waals surface area contributed by atoms with Crippen LogP contribution in [0.2, 0.25) is 0 Å². The Kier molecular flexibility index (Phi) is 3.26. The van der Waals surface area contributed by atoms with Crippen LogP contribution in [-0.4, -0.2) is 0 Å². The molecular formula is C13H12N2. The van der Waals surface area contributed by atoms with Crippen LogP contribution in [0.4, 0.5) is 0 Å². The molecule has 0 aliphatic rings. The fraction of sp³-hybridized carbons (Fsp3) is 0.231. The molecule has 2 nitrogen and oxygen atoms in total. The third-order valence-corrected chi connectivity index (χ3v) is 2.40. The monoisotopic (exact) mass is 196 g/mol. The molecule has 0 amide bonds. The van der Waals surface area contributed by atoms with Crippen LogP contribution in [-0.2, 0) is 0 Å². The van der Waals surface area contributed by atoms with E-state index in [9.17, 15) is 0 Å². The van der Waals surface area contributed by atoms with Crippen LogP contribution in [0, 0.1) is 36.5 Å². The second-order valence-electron chi connectivity index (χ2n) is 3.54. The molecule has 0 bridgehead atoms. The van der Waals surface area contributed by atoms with Crippen molar-refractivity contribution >= 4 is 5.57 Å². The first-order valence-electron chi connectivity index (χ1n) is 4.69. The van der Waals surface area contributed by atoms with E-state index in [4.69, 9.17) is 10.5 Å². The lowest BCUT2D eigenvalue weighted by atomic mass is 9.96. The van der Waals surface area contributed by atoms with Crippen molar-refractivity contribution in [2.24, 2.45) is 0 Å². The highest BCUT2D eigenvalue weighted by Gasteiger charge is 2.06. The smallest absolute Gasteiger partial charge is 0.133 e. The molecular weight excluding hydrogens is 184 g/mol. The largest absolute Gasteiger partial charge is 0.192 e. The highest BCUT2D eigenvalue weighted by Crippen LogP contribution is 2.22. The van der Waals surface area contributed by atoms with Crippen LogP contribution in [0.1, 0.15) is 23.6 Å². The van der Waals surface area contributed by atoms with Crippen molar-refractivity contribution in [1.29, 1.82) is 10.5 Å². The van der Waals surface area contributed by atoms with Crippen LogP contribution in [0.3, 0.4) is 0 Å². The minimum absolute atomic E-state index is 0.184. The summed E-state index contributed by atoms with van der Waals surface area (Å²) in [7, 11) is 0. The molecule has 0 saturated carbocycles. The van der Waals surface area contributed by atoms with Gasteiger partial charge in [-0.15, -0.1) is 0 Å². The summed E-state index contributed by atoms with van der Waals surface area (Å²) < 4.78 is 0. The Morgan fingerprint density at radius 3 is 2.27 bits per heavy atom. The van der Waals surface area contributed by atoms with Gasteiger partial charge in [-0.25, -0.2) is 0 Å². The second kappa shape index (κ2) is 4.44. The minimum Gasteiger partial charge on any atom is -0.192 e. The number of hydrogen-bond donors (Lipinski definition) is 0. The van der Waals surface area contributed by atoms with Crippen LogP contribution < -0.4 is 0 Å². The van der Waals surface area contributed by atoms with E-state index >= 15 is 0 Å². The predicted octanol–water partition coefficient (Wildman–Crippen LogP) is 3.12. The average molecular weight is 196 g/mol. The number of rotatable bonds is 1. The van der Waals surface area contributed by atoms with Gasteiger partial charge < -0.3 is 0 Å². The zero-order chi connectivity index (χ0) is 11.4. The minimum atomic E-state index is 0.184. The number of nitrogens with zero attached hydrogens (tertiary/aromatic N) is 2. The normalized spacial score (nSPS) is 8.87. The molecule has 15 heavy (non-hydrogen) atoms. The summed E-state index contributed by atoms with van der Waals surface area (Å²) >= 11 is 0. The van der Waals surface area contributed by atoms with Gasteiger partial charge in [0.2, 0.25) is 0 Å². The lowest BCUT2D eigenvalue weighted by molar-refractivity contribution is 1.34. The van der Waals surface area contributed by atoms with Crippen LogP contribution in [0.25, 0.3) is 5.57 Å². The summed E-state index contributed by atoms with van der Waals surface area (Å²) in [5, 5.41) is 17.6. The molecule has 0 saturated heterocycles. The first-order chi connectivity index (χ1) is 7.10. The zero-order valence-corrected chi connectivity index (χ0v) is 9.13. The molecule has 0 heterocycles. The van der Waals surface area contributed by atoms with E-state index in [0.29, 0.717) is 0 Å². The molecule has 0 N–H and O–H groups in total. The van der Waals surface area contributed by atoms with Gasteiger partial charge in [-0.05, 0) is 37.5 Å². The number of aryl methyl sites for hydroxylation is 2. The molecule has 0 aromatic heterocycles. The van der Waals surface area contributed by atoms with Crippen molar-refractivity contribution in [1.82, 2.24) is 0 Å². The molecule has 0 aliphatic heterocycles. The van der Waals surface area contributed by atoms with Crippen molar-refractivity contribution in [2.75, 3.05) is 0 Å². The van der Waals surface area contributed by atoms with Gasteiger partial charge in [0.15, 0.2) is 0 Å². The molecule has 0 aliphatic carbocycles. The highest BCUT2D eigenvalue weighted by atomic mass is 14.3. The van der Waals surface area contributed by atoms with Gasteiger partial charge in [-0.1, -0.05) is 23.8 Å². The molecule has 0 radical (unpaired) electrons. The van der Waals surface area contributed by atoms with Crippen molar-refractivity contribution in [3.8, 4) is 12.1 Å². The predicted molar refractivity (Wildman–Crippen MR) is 59.7 cm³/mol. The average Bonchev–Trinajstić information content (AvgIpc) is 2.23. The van der Waals surface area contributed by atoms with Crippen LogP contribution in [0.5, 0.6) is 0 Å². The van der Waals surface area contributed by atoms with E-state index in [1.54, 1.807) is 0 Å². The van der Waals surface area contributed by atoms with Crippen molar-refractivity contribution in [3.05, 3.63) is 40.5 Å². The summed E-state index contributed by atoms with van der Waals surface area (Å²) in [4.78, 5) is 0. The molecule has 1 aromatic carbocycles. The standard InChI is InChI=1S/C13H12N2/c1-9-4-5-10(2)13(6-9)11(3)12(7-14)8-15/h4-6H,1-3H3. The van der Waals surface area contributed by atoms with E-state index in [1.165, 1.54) is 0 Å². The maximum atomic E-state index is 8.79. The lowest BCUT2D eigenvalue weighted by Gasteiger charge is -2.07. The van der Waals surface area contributed by atoms with Crippen LogP contribution in [0.15, 0.2) is 23.8 Å². The Hall–Kier alpha value is -2.06. The number of allylic oxidation sites excluding steroid dienone is 2. The third kappa shape index (κ3) is 2.24.